The highest BCUT2D eigenvalue weighted by molar-refractivity contribution is 6.26. The molecule has 0 atom stereocenters. The molecule has 0 spiro atoms. The highest BCUT2D eigenvalue weighted by Crippen LogP contribution is 2.58. The van der Waals surface area contributed by atoms with Gasteiger partial charge in [-0.15, -0.1) is 0 Å². The molecule has 0 N–H and O–H groups in total. The Kier molecular flexibility index (Phi) is 6.40. The first kappa shape index (κ1) is 30.2. The molecular weight excluding hydrogens is 637 g/mol. The molecule has 0 saturated carbocycles. The molecule has 10 aromatic rings. The van der Waals surface area contributed by atoms with Gasteiger partial charge in [-0.3, -0.25) is 0 Å². The van der Waals surface area contributed by atoms with Gasteiger partial charge in [0.2, 0.25) is 0 Å². The molecule has 0 nitrogen and oxygen atoms in total. The largest absolute Gasteiger partial charge is 0.0622 e. The van der Waals surface area contributed by atoms with Crippen LogP contribution in [0.1, 0.15) is 25.0 Å². The number of fused-ring (bicyclic) bond motifs is 12. The van der Waals surface area contributed by atoms with E-state index in [2.05, 4.69) is 196 Å². The predicted molar refractivity (Wildman–Crippen MR) is 228 cm³/mol. The maximum Gasteiger partial charge on any atom is 0.0171 e. The summed E-state index contributed by atoms with van der Waals surface area (Å²) in [5.74, 6) is 0. The van der Waals surface area contributed by atoms with Gasteiger partial charge >= 0.3 is 0 Å². The zero-order valence-electron chi connectivity index (χ0n) is 29.8. The quantitative estimate of drug-likeness (QED) is 0.129. The Balaban J connectivity index is 1.30. The van der Waals surface area contributed by atoms with Gasteiger partial charge in [0.15, 0.2) is 0 Å². The molecule has 0 heteroatoms. The molecule has 0 bridgehead atoms. The minimum atomic E-state index is -0.193. The first-order chi connectivity index (χ1) is 26.1. The first-order valence-corrected chi connectivity index (χ1v) is 18.7. The van der Waals surface area contributed by atoms with Gasteiger partial charge in [-0.25, -0.2) is 0 Å². The lowest BCUT2D eigenvalue weighted by Crippen LogP contribution is -2.16. The normalized spacial score (nSPS) is 13.2. The van der Waals surface area contributed by atoms with Crippen molar-refractivity contribution in [3.05, 3.63) is 193 Å². The molecule has 248 valence electrons. The fraction of sp³-hybridized carbons (Fsp3) is 0.0566. The van der Waals surface area contributed by atoms with Gasteiger partial charge in [-0.1, -0.05) is 190 Å². The van der Waals surface area contributed by atoms with E-state index in [4.69, 9.17) is 0 Å². The minimum absolute atomic E-state index is 0.193. The molecule has 0 amide bonds. The van der Waals surface area contributed by atoms with Crippen LogP contribution in [0.5, 0.6) is 0 Å². The molecule has 1 aliphatic carbocycles. The van der Waals surface area contributed by atoms with E-state index in [1.54, 1.807) is 0 Å². The van der Waals surface area contributed by atoms with E-state index in [1.165, 1.54) is 109 Å². The van der Waals surface area contributed by atoms with E-state index >= 15 is 0 Å². The summed E-state index contributed by atoms with van der Waals surface area (Å²) in [5.41, 5.74) is 13.0. The second-order valence-electron chi connectivity index (χ2n) is 15.1. The zero-order chi connectivity index (χ0) is 35.3. The summed E-state index contributed by atoms with van der Waals surface area (Å²) in [4.78, 5) is 0. The average molecular weight is 673 g/mol. The molecule has 0 radical (unpaired) electrons. The molecular formula is C53H36. The average Bonchev–Trinajstić information content (AvgIpc) is 3.46. The van der Waals surface area contributed by atoms with E-state index in [1.807, 2.05) is 0 Å². The number of hydrogen-bond acceptors (Lipinski definition) is 0. The van der Waals surface area contributed by atoms with E-state index < -0.39 is 0 Å². The molecule has 11 rings (SSSR count). The Morgan fingerprint density at radius 1 is 0.264 bits per heavy atom. The standard InChI is InChI=1S/C53H36/c1-53(2)51-44-30-16-9-23-37(44)46(32-47(51)50-39-25-11-7-21-35(39)36-22-8-17-31-45(36)52(50)53)49-42-28-14-12-26-40(42)48(41-27-13-15-29-43(41)49)38-24-10-6-20-34(38)33-18-4-3-5-19-33/h3-32H,1-2H3. The van der Waals surface area contributed by atoms with Crippen molar-refractivity contribution < 1.29 is 0 Å². The topological polar surface area (TPSA) is 0 Å². The smallest absolute Gasteiger partial charge is 0.0171 e. The lowest BCUT2D eigenvalue weighted by molar-refractivity contribution is 0.672. The molecule has 0 saturated heterocycles. The summed E-state index contributed by atoms with van der Waals surface area (Å²) in [6.07, 6.45) is 0. The summed E-state index contributed by atoms with van der Waals surface area (Å²) >= 11 is 0. The van der Waals surface area contributed by atoms with Gasteiger partial charge in [-0.05, 0) is 116 Å². The van der Waals surface area contributed by atoms with Crippen LogP contribution in [0.3, 0.4) is 0 Å². The predicted octanol–water partition coefficient (Wildman–Crippen LogP) is 14.8. The number of benzene rings is 10. The minimum Gasteiger partial charge on any atom is -0.0622 e. The number of rotatable bonds is 3. The highest BCUT2D eigenvalue weighted by atomic mass is 14.4. The maximum absolute atomic E-state index is 2.55. The van der Waals surface area contributed by atoms with E-state index in [0.717, 1.165) is 0 Å². The SMILES string of the molecule is CC1(C)c2c(cc(-c3c4ccccc4c(-c4ccccc4-c4ccccc4)c4ccccc34)c3ccccc23)-c2c1c1ccccc1c1ccccc21. The lowest BCUT2D eigenvalue weighted by Gasteiger charge is -2.26. The summed E-state index contributed by atoms with van der Waals surface area (Å²) < 4.78 is 0. The van der Waals surface area contributed by atoms with Crippen molar-refractivity contribution in [1.82, 2.24) is 0 Å². The Labute approximate surface area is 309 Å². The molecule has 1 aliphatic rings. The Bertz CT molecular complexity index is 3070. The van der Waals surface area contributed by atoms with Crippen LogP contribution >= 0.6 is 0 Å². The Morgan fingerprint density at radius 3 is 1.21 bits per heavy atom. The maximum atomic E-state index is 2.55. The molecule has 0 unspecified atom stereocenters. The zero-order valence-corrected chi connectivity index (χ0v) is 29.8. The van der Waals surface area contributed by atoms with Crippen molar-refractivity contribution in [3.8, 4) is 44.5 Å². The van der Waals surface area contributed by atoms with Crippen molar-refractivity contribution in [2.75, 3.05) is 0 Å². The van der Waals surface area contributed by atoms with Gasteiger partial charge in [0.25, 0.3) is 0 Å². The summed E-state index contributed by atoms with van der Waals surface area (Å²) in [6, 6.07) is 67.6. The van der Waals surface area contributed by atoms with Crippen LogP contribution in [0.2, 0.25) is 0 Å². The van der Waals surface area contributed by atoms with Crippen LogP contribution in [0.4, 0.5) is 0 Å². The van der Waals surface area contributed by atoms with Crippen LogP contribution < -0.4 is 0 Å². The molecule has 53 heavy (non-hydrogen) atoms. The molecule has 0 aromatic heterocycles. The van der Waals surface area contributed by atoms with E-state index in [-0.39, 0.29) is 5.41 Å². The van der Waals surface area contributed by atoms with Crippen molar-refractivity contribution in [1.29, 1.82) is 0 Å². The second-order valence-corrected chi connectivity index (χ2v) is 15.1. The monoisotopic (exact) mass is 672 g/mol. The van der Waals surface area contributed by atoms with Crippen molar-refractivity contribution in [2.24, 2.45) is 0 Å². The first-order valence-electron chi connectivity index (χ1n) is 18.7. The highest BCUT2D eigenvalue weighted by Gasteiger charge is 2.40. The third-order valence-electron chi connectivity index (χ3n) is 12.0. The van der Waals surface area contributed by atoms with Crippen LogP contribution in [0.15, 0.2) is 182 Å². The van der Waals surface area contributed by atoms with Gasteiger partial charge in [0.1, 0.15) is 0 Å². The lowest BCUT2D eigenvalue weighted by atomic mass is 9.77. The molecule has 10 aromatic carbocycles. The van der Waals surface area contributed by atoms with Gasteiger partial charge in [-0.2, -0.15) is 0 Å². The molecule has 0 heterocycles. The number of hydrogen-bond donors (Lipinski definition) is 0. The van der Waals surface area contributed by atoms with E-state index in [0.29, 0.717) is 0 Å². The van der Waals surface area contributed by atoms with Gasteiger partial charge in [0.05, 0.1) is 0 Å². The summed E-state index contributed by atoms with van der Waals surface area (Å²) in [6.45, 7) is 4.88. The van der Waals surface area contributed by atoms with Crippen LogP contribution in [0.25, 0.3) is 98.4 Å². The summed E-state index contributed by atoms with van der Waals surface area (Å²) in [5, 5.41) is 13.0. The Morgan fingerprint density at radius 2 is 0.642 bits per heavy atom. The summed E-state index contributed by atoms with van der Waals surface area (Å²) in [7, 11) is 0. The van der Waals surface area contributed by atoms with Crippen molar-refractivity contribution >= 4 is 53.9 Å². The second kappa shape index (κ2) is 11.2. The fourth-order valence-electron chi connectivity index (χ4n) is 9.93. The Hall–Kier alpha value is -6.50. The van der Waals surface area contributed by atoms with Crippen molar-refractivity contribution in [2.45, 2.75) is 19.3 Å². The van der Waals surface area contributed by atoms with Crippen molar-refractivity contribution in [3.63, 3.8) is 0 Å². The van der Waals surface area contributed by atoms with Crippen LogP contribution in [-0.4, -0.2) is 0 Å². The van der Waals surface area contributed by atoms with Crippen LogP contribution in [-0.2, 0) is 5.41 Å². The third-order valence-corrected chi connectivity index (χ3v) is 12.0. The van der Waals surface area contributed by atoms with E-state index in [9.17, 15) is 0 Å². The fourth-order valence-corrected chi connectivity index (χ4v) is 9.93. The van der Waals surface area contributed by atoms with Gasteiger partial charge < -0.3 is 0 Å². The molecule has 0 aliphatic heterocycles. The third kappa shape index (κ3) is 4.18. The van der Waals surface area contributed by atoms with Gasteiger partial charge in [0, 0.05) is 5.41 Å². The van der Waals surface area contributed by atoms with Crippen LogP contribution in [0, 0.1) is 0 Å². The molecule has 0 fully saturated rings.